The maximum atomic E-state index is 12.7. The molecule has 0 radical (unpaired) electrons. The fourth-order valence-electron chi connectivity index (χ4n) is 5.32. The maximum absolute atomic E-state index is 12.7. The van der Waals surface area contributed by atoms with Crippen LogP contribution >= 0.6 is 11.6 Å². The Morgan fingerprint density at radius 2 is 1.83 bits per heavy atom. The predicted octanol–water partition coefficient (Wildman–Crippen LogP) is 3.67. The number of amides is 1. The fraction of sp³-hybridized carbons (Fsp3) is 0.519. The van der Waals surface area contributed by atoms with Crippen molar-refractivity contribution in [3.63, 3.8) is 0 Å². The van der Waals surface area contributed by atoms with E-state index in [0.717, 1.165) is 62.2 Å². The van der Waals surface area contributed by atoms with E-state index in [-0.39, 0.29) is 18.1 Å². The summed E-state index contributed by atoms with van der Waals surface area (Å²) in [6, 6.07) is 9.24. The molecule has 3 aliphatic rings. The Labute approximate surface area is 212 Å². The van der Waals surface area contributed by atoms with Gasteiger partial charge in [-0.15, -0.1) is 16.6 Å². The molecule has 5 rings (SSSR count). The molecule has 184 valence electrons. The molecule has 2 saturated heterocycles. The first-order valence-electron chi connectivity index (χ1n) is 12.6. The number of hydrogen-bond acceptors (Lipinski definition) is 6. The van der Waals surface area contributed by atoms with Gasteiger partial charge in [-0.05, 0) is 87.7 Å². The van der Waals surface area contributed by atoms with Crippen LogP contribution in [0.3, 0.4) is 0 Å². The Hall–Kier alpha value is -2.82. The number of hydrogen-bond donors (Lipinski definition) is 2. The molecular weight excluding hydrogens is 462 g/mol. The zero-order valence-corrected chi connectivity index (χ0v) is 20.6. The molecule has 0 atom stereocenters. The smallest absolute Gasteiger partial charge is 0.272 e. The van der Waals surface area contributed by atoms with Crippen LogP contribution in [-0.2, 0) is 0 Å². The van der Waals surface area contributed by atoms with E-state index in [1.54, 1.807) is 18.2 Å². The topological polar surface area (TPSA) is 79.4 Å². The zero-order valence-electron chi connectivity index (χ0n) is 19.9. The molecule has 2 N–H and O–H groups in total. The van der Waals surface area contributed by atoms with E-state index < -0.39 is 0 Å². The number of benzene rings is 1. The third-order valence-electron chi connectivity index (χ3n) is 7.63. The highest BCUT2D eigenvalue weighted by Crippen LogP contribution is 2.30. The molecule has 7 nitrogen and oxygen atoms in total. The number of carbonyl (C=O) groups excluding carboxylic acids is 1. The Balaban J connectivity index is 1.07. The highest BCUT2D eigenvalue weighted by Gasteiger charge is 2.30. The first-order valence-corrected chi connectivity index (χ1v) is 13.0. The Bertz CT molecular complexity index is 1070. The van der Waals surface area contributed by atoms with Crippen LogP contribution in [0.15, 0.2) is 30.3 Å². The first-order chi connectivity index (χ1) is 17.1. The Morgan fingerprint density at radius 1 is 1.06 bits per heavy atom. The number of terminal acetylenes is 1. The molecule has 1 amide bonds. The molecule has 0 spiro atoms. The lowest BCUT2D eigenvalue weighted by molar-refractivity contribution is 0.0888. The zero-order chi connectivity index (χ0) is 24.2. The van der Waals surface area contributed by atoms with Crippen LogP contribution in [0.1, 0.15) is 54.6 Å². The van der Waals surface area contributed by atoms with Gasteiger partial charge in [0, 0.05) is 30.8 Å². The highest BCUT2D eigenvalue weighted by atomic mass is 35.5. The number of halogens is 1. The second kappa shape index (κ2) is 10.8. The van der Waals surface area contributed by atoms with E-state index in [4.69, 9.17) is 22.8 Å². The van der Waals surface area contributed by atoms with Crippen molar-refractivity contribution in [2.75, 3.05) is 31.1 Å². The highest BCUT2D eigenvalue weighted by molar-refractivity contribution is 6.31. The van der Waals surface area contributed by atoms with Gasteiger partial charge in [0.05, 0.1) is 11.1 Å². The summed E-state index contributed by atoms with van der Waals surface area (Å²) in [7, 11) is 0. The summed E-state index contributed by atoms with van der Waals surface area (Å²) in [5.74, 6) is 5.63. The quantitative estimate of drug-likeness (QED) is 0.598. The summed E-state index contributed by atoms with van der Waals surface area (Å²) in [5.41, 5.74) is 1.03. The molecule has 1 aliphatic carbocycles. The number of anilines is 1. The van der Waals surface area contributed by atoms with Crippen molar-refractivity contribution in [3.05, 3.63) is 46.6 Å². The Kier molecular flexibility index (Phi) is 7.40. The standard InChI is InChI=1S/C27H32ClN5O2/c1-2-18-3-6-23(15-24(18)28)35-22-7-4-21(5-8-22)30-27(34)25-9-10-26(32-31-25)33-13-11-19(12-14-33)20-16-29-17-20/h1,3,6,9-10,15,19-22,29H,4-5,7-8,11-14,16-17H2,(H,30,34). The lowest BCUT2D eigenvalue weighted by Gasteiger charge is -2.40. The normalized spacial score (nSPS) is 23.3. The SMILES string of the molecule is C#Cc1ccc(OC2CCC(NC(=O)c3ccc(N4CCC(C5CNC5)CC4)nn3)CC2)cc1Cl. The van der Waals surface area contributed by atoms with Crippen molar-refractivity contribution < 1.29 is 9.53 Å². The van der Waals surface area contributed by atoms with E-state index in [1.807, 2.05) is 12.1 Å². The molecule has 3 fully saturated rings. The second-order valence-electron chi connectivity index (χ2n) is 9.87. The van der Waals surface area contributed by atoms with Crippen molar-refractivity contribution in [2.24, 2.45) is 11.8 Å². The van der Waals surface area contributed by atoms with Gasteiger partial charge in [0.15, 0.2) is 11.5 Å². The van der Waals surface area contributed by atoms with E-state index >= 15 is 0 Å². The van der Waals surface area contributed by atoms with Crippen LogP contribution in [0.2, 0.25) is 5.02 Å². The molecule has 35 heavy (non-hydrogen) atoms. The van der Waals surface area contributed by atoms with Gasteiger partial charge in [-0.3, -0.25) is 4.79 Å². The summed E-state index contributed by atoms with van der Waals surface area (Å²) in [6.45, 7) is 4.34. The van der Waals surface area contributed by atoms with Gasteiger partial charge in [-0.25, -0.2) is 0 Å². The largest absolute Gasteiger partial charge is 0.490 e. The molecule has 1 saturated carbocycles. The van der Waals surface area contributed by atoms with Crippen LogP contribution < -0.4 is 20.3 Å². The molecule has 1 aromatic carbocycles. The average molecular weight is 494 g/mol. The van der Waals surface area contributed by atoms with Crippen LogP contribution in [0, 0.1) is 24.2 Å². The number of aromatic nitrogens is 2. The maximum Gasteiger partial charge on any atom is 0.272 e. The summed E-state index contributed by atoms with van der Waals surface area (Å²) in [5, 5.41) is 15.6. The molecule has 1 aromatic heterocycles. The van der Waals surface area contributed by atoms with Crippen molar-refractivity contribution in [2.45, 2.75) is 50.7 Å². The third-order valence-corrected chi connectivity index (χ3v) is 7.95. The van der Waals surface area contributed by atoms with Gasteiger partial charge in [-0.1, -0.05) is 17.5 Å². The van der Waals surface area contributed by atoms with Crippen LogP contribution in [0.5, 0.6) is 5.75 Å². The summed E-state index contributed by atoms with van der Waals surface area (Å²) >= 11 is 6.18. The lowest BCUT2D eigenvalue weighted by Crippen LogP contribution is -2.49. The van der Waals surface area contributed by atoms with Gasteiger partial charge in [0.2, 0.25) is 0 Å². The predicted molar refractivity (Wildman–Crippen MR) is 137 cm³/mol. The molecule has 0 bridgehead atoms. The minimum atomic E-state index is -0.165. The van der Waals surface area contributed by atoms with E-state index in [9.17, 15) is 4.79 Å². The average Bonchev–Trinajstić information content (AvgIpc) is 2.85. The molecule has 2 aromatic rings. The van der Waals surface area contributed by atoms with Gasteiger partial charge in [-0.2, -0.15) is 0 Å². The van der Waals surface area contributed by atoms with Crippen LogP contribution in [0.4, 0.5) is 5.82 Å². The number of piperidine rings is 1. The van der Waals surface area contributed by atoms with Crippen molar-refractivity contribution in [1.82, 2.24) is 20.8 Å². The number of nitrogens with one attached hydrogen (secondary N) is 2. The van der Waals surface area contributed by atoms with Crippen LogP contribution in [0.25, 0.3) is 0 Å². The molecule has 8 heteroatoms. The van der Waals surface area contributed by atoms with Crippen molar-refractivity contribution in [1.29, 1.82) is 0 Å². The third kappa shape index (κ3) is 5.71. The fourth-order valence-corrected chi connectivity index (χ4v) is 5.55. The van der Waals surface area contributed by atoms with Gasteiger partial charge >= 0.3 is 0 Å². The number of carbonyl (C=O) groups is 1. The minimum Gasteiger partial charge on any atom is -0.490 e. The van der Waals surface area contributed by atoms with E-state index in [0.29, 0.717) is 16.3 Å². The second-order valence-corrected chi connectivity index (χ2v) is 10.3. The van der Waals surface area contributed by atoms with Crippen LogP contribution in [-0.4, -0.2) is 54.4 Å². The van der Waals surface area contributed by atoms with E-state index in [2.05, 4.69) is 31.7 Å². The Morgan fingerprint density at radius 3 is 2.43 bits per heavy atom. The molecular formula is C27H32ClN5O2. The first kappa shape index (κ1) is 23.9. The number of rotatable bonds is 6. The number of nitrogens with zero attached hydrogens (tertiary/aromatic N) is 3. The van der Waals surface area contributed by atoms with E-state index in [1.165, 1.54) is 25.9 Å². The van der Waals surface area contributed by atoms with Crippen molar-refractivity contribution in [3.8, 4) is 18.1 Å². The lowest BCUT2D eigenvalue weighted by atomic mass is 9.81. The monoisotopic (exact) mass is 493 g/mol. The minimum absolute atomic E-state index is 0.0969. The van der Waals surface area contributed by atoms with Gasteiger partial charge in [0.25, 0.3) is 5.91 Å². The summed E-state index contributed by atoms with van der Waals surface area (Å²) in [6.07, 6.45) is 11.3. The summed E-state index contributed by atoms with van der Waals surface area (Å²) in [4.78, 5) is 15.0. The molecule has 2 aliphatic heterocycles. The summed E-state index contributed by atoms with van der Waals surface area (Å²) < 4.78 is 6.08. The van der Waals surface area contributed by atoms with Gasteiger partial charge in [0.1, 0.15) is 5.75 Å². The van der Waals surface area contributed by atoms with Crippen molar-refractivity contribution >= 4 is 23.3 Å². The van der Waals surface area contributed by atoms with Gasteiger partial charge < -0.3 is 20.3 Å². The molecule has 3 heterocycles. The number of ether oxygens (including phenoxy) is 1. The molecule has 0 unspecified atom stereocenters.